The first-order chi connectivity index (χ1) is 29.1. The standard InChI is InChI=1S/C55H39N3Si/c1-55(2)44-30-16-12-26-39(44)40-34-35-47-49(51(40)55)41-27-13-17-31-45(41)58(47)46-32-18-14-28-42(46)53-56-52(36-20-6-3-7-21-36)50-43-29-15-19-33-48(43)59(54(50)57-53,37-22-8-4-9-23-37)38-24-10-5-11-25-38/h3-35H,1-2H3. The van der Waals surface area contributed by atoms with Crippen molar-refractivity contribution in [1.29, 1.82) is 0 Å². The van der Waals surface area contributed by atoms with Gasteiger partial charge in [-0.1, -0.05) is 190 Å². The Kier molecular flexibility index (Phi) is 7.29. The van der Waals surface area contributed by atoms with Gasteiger partial charge in [0.05, 0.1) is 27.7 Å². The van der Waals surface area contributed by atoms with Gasteiger partial charge in [-0.25, -0.2) is 9.97 Å². The molecule has 8 aromatic carbocycles. The average molecular weight is 770 g/mol. The van der Waals surface area contributed by atoms with Gasteiger partial charge in [0.2, 0.25) is 8.07 Å². The Morgan fingerprint density at radius 1 is 0.475 bits per heavy atom. The lowest BCUT2D eigenvalue weighted by Crippen LogP contribution is -2.73. The highest BCUT2D eigenvalue weighted by Crippen LogP contribution is 2.53. The normalized spacial score (nSPS) is 14.2. The predicted molar refractivity (Wildman–Crippen MR) is 247 cm³/mol. The SMILES string of the molecule is CC1(C)c2ccccc2-c2ccc3c(c21)c1ccccc1n3-c1ccccc1-c1nc(-c2ccccc2)c2c(n1)[Si](c1ccccc1)(c1ccccc1)c1ccccc1-2. The highest BCUT2D eigenvalue weighted by atomic mass is 28.3. The van der Waals surface area contributed by atoms with Gasteiger partial charge in [-0.05, 0) is 67.6 Å². The zero-order valence-corrected chi connectivity index (χ0v) is 33.9. The van der Waals surface area contributed by atoms with Crippen LogP contribution in [-0.4, -0.2) is 22.6 Å². The van der Waals surface area contributed by atoms with Gasteiger partial charge in [0.25, 0.3) is 0 Å². The number of benzene rings is 8. The van der Waals surface area contributed by atoms with E-state index in [4.69, 9.17) is 9.97 Å². The van der Waals surface area contributed by atoms with E-state index in [9.17, 15) is 0 Å². The molecular weight excluding hydrogens is 731 g/mol. The molecule has 0 fully saturated rings. The van der Waals surface area contributed by atoms with Crippen LogP contribution < -0.4 is 20.9 Å². The lowest BCUT2D eigenvalue weighted by Gasteiger charge is -2.30. The third-order valence-electron chi connectivity index (χ3n) is 13.1. The summed E-state index contributed by atoms with van der Waals surface area (Å²) in [7, 11) is -2.94. The summed E-state index contributed by atoms with van der Waals surface area (Å²) < 4.78 is 2.46. The van der Waals surface area contributed by atoms with Gasteiger partial charge in [0.15, 0.2) is 5.82 Å². The molecule has 4 heteroatoms. The molecule has 0 unspecified atom stereocenters. The maximum Gasteiger partial charge on any atom is 0.203 e. The first-order valence-electron chi connectivity index (χ1n) is 20.5. The molecule has 1 aliphatic heterocycles. The molecule has 0 atom stereocenters. The van der Waals surface area contributed by atoms with E-state index >= 15 is 0 Å². The quantitative estimate of drug-likeness (QED) is 0.163. The molecule has 0 saturated carbocycles. The smallest absolute Gasteiger partial charge is 0.203 e. The van der Waals surface area contributed by atoms with Crippen LogP contribution in [0.15, 0.2) is 200 Å². The second-order valence-corrected chi connectivity index (χ2v) is 20.1. The molecule has 278 valence electrons. The second kappa shape index (κ2) is 12.7. The average Bonchev–Trinajstić information content (AvgIpc) is 3.88. The Labute approximate surface area is 345 Å². The van der Waals surface area contributed by atoms with E-state index in [1.54, 1.807) is 0 Å². The van der Waals surface area contributed by atoms with Gasteiger partial charge < -0.3 is 4.57 Å². The zero-order chi connectivity index (χ0) is 39.3. The predicted octanol–water partition coefficient (Wildman–Crippen LogP) is 10.6. The fourth-order valence-electron chi connectivity index (χ4n) is 10.6. The molecule has 0 bridgehead atoms. The fraction of sp³-hybridized carbons (Fsp3) is 0.0545. The highest BCUT2D eigenvalue weighted by Gasteiger charge is 2.51. The number of nitrogens with zero attached hydrogens (tertiary/aromatic N) is 3. The van der Waals surface area contributed by atoms with Crippen molar-refractivity contribution < 1.29 is 0 Å². The van der Waals surface area contributed by atoms with E-state index in [0.29, 0.717) is 0 Å². The van der Waals surface area contributed by atoms with Crippen molar-refractivity contribution >= 4 is 50.8 Å². The number of para-hydroxylation sites is 2. The minimum Gasteiger partial charge on any atom is -0.308 e. The second-order valence-electron chi connectivity index (χ2n) is 16.4. The Morgan fingerprint density at radius 3 is 1.81 bits per heavy atom. The van der Waals surface area contributed by atoms with Crippen LogP contribution in [0, 0.1) is 0 Å². The van der Waals surface area contributed by atoms with Gasteiger partial charge in [-0.3, -0.25) is 0 Å². The van der Waals surface area contributed by atoms with Crippen LogP contribution in [-0.2, 0) is 5.41 Å². The molecule has 2 aliphatic rings. The molecule has 0 spiro atoms. The molecule has 0 radical (unpaired) electrons. The molecule has 12 rings (SSSR count). The highest BCUT2D eigenvalue weighted by molar-refractivity contribution is 7.21. The minimum atomic E-state index is -2.94. The Bertz CT molecular complexity index is 3250. The Balaban J connectivity index is 1.19. The van der Waals surface area contributed by atoms with E-state index in [2.05, 4.69) is 219 Å². The summed E-state index contributed by atoms with van der Waals surface area (Å²) in [6.07, 6.45) is 0. The van der Waals surface area contributed by atoms with Crippen molar-refractivity contribution in [3.63, 3.8) is 0 Å². The largest absolute Gasteiger partial charge is 0.308 e. The summed E-state index contributed by atoms with van der Waals surface area (Å²) in [4.78, 5) is 11.6. The van der Waals surface area contributed by atoms with Gasteiger partial charge in [-0.2, -0.15) is 0 Å². The molecule has 1 aliphatic carbocycles. The molecule has 0 N–H and O–H groups in total. The van der Waals surface area contributed by atoms with Crippen LogP contribution >= 0.6 is 0 Å². The number of hydrogen-bond acceptors (Lipinski definition) is 2. The van der Waals surface area contributed by atoms with E-state index in [0.717, 1.165) is 39.2 Å². The van der Waals surface area contributed by atoms with E-state index in [1.807, 2.05) is 0 Å². The third-order valence-corrected chi connectivity index (χ3v) is 17.8. The van der Waals surface area contributed by atoms with Gasteiger partial charge >= 0.3 is 0 Å². The first-order valence-corrected chi connectivity index (χ1v) is 22.5. The summed E-state index contributed by atoms with van der Waals surface area (Å²) in [6.45, 7) is 4.77. The molecule has 2 aromatic heterocycles. The van der Waals surface area contributed by atoms with Crippen LogP contribution in [0.3, 0.4) is 0 Å². The maximum atomic E-state index is 5.91. The Morgan fingerprint density at radius 2 is 1.07 bits per heavy atom. The van der Waals surface area contributed by atoms with Crippen molar-refractivity contribution in [2.75, 3.05) is 0 Å². The number of rotatable bonds is 5. The number of hydrogen-bond donors (Lipinski definition) is 0. The summed E-state index contributed by atoms with van der Waals surface area (Å²) in [5.74, 6) is 0.731. The van der Waals surface area contributed by atoms with Crippen molar-refractivity contribution in [2.24, 2.45) is 0 Å². The van der Waals surface area contributed by atoms with E-state index in [-0.39, 0.29) is 5.41 Å². The summed E-state index contributed by atoms with van der Waals surface area (Å²) in [6, 6.07) is 73.2. The van der Waals surface area contributed by atoms with Crippen LogP contribution in [0.25, 0.3) is 72.4 Å². The minimum absolute atomic E-state index is 0.161. The lowest BCUT2D eigenvalue weighted by atomic mass is 9.80. The molecular formula is C55H39N3Si. The van der Waals surface area contributed by atoms with Gasteiger partial charge in [0.1, 0.15) is 0 Å². The van der Waals surface area contributed by atoms with E-state index in [1.165, 1.54) is 65.2 Å². The van der Waals surface area contributed by atoms with E-state index < -0.39 is 8.07 Å². The molecule has 3 heterocycles. The van der Waals surface area contributed by atoms with Crippen molar-refractivity contribution in [1.82, 2.24) is 14.5 Å². The fourth-order valence-corrected chi connectivity index (χ4v) is 15.6. The maximum absolute atomic E-state index is 5.91. The molecule has 10 aromatic rings. The third kappa shape index (κ3) is 4.63. The van der Waals surface area contributed by atoms with Crippen LogP contribution in [0.4, 0.5) is 0 Å². The molecule has 59 heavy (non-hydrogen) atoms. The van der Waals surface area contributed by atoms with Gasteiger partial charge in [0, 0.05) is 32.9 Å². The monoisotopic (exact) mass is 769 g/mol. The Hall–Kier alpha value is -7.14. The van der Waals surface area contributed by atoms with Crippen LogP contribution in [0.1, 0.15) is 25.0 Å². The van der Waals surface area contributed by atoms with Gasteiger partial charge in [-0.15, -0.1) is 0 Å². The molecule has 0 saturated heterocycles. The number of aromatic nitrogens is 3. The van der Waals surface area contributed by atoms with Crippen LogP contribution in [0.2, 0.25) is 0 Å². The topological polar surface area (TPSA) is 30.7 Å². The van der Waals surface area contributed by atoms with Crippen molar-refractivity contribution in [2.45, 2.75) is 19.3 Å². The number of fused-ring (bicyclic) bond motifs is 10. The summed E-state index contributed by atoms with van der Waals surface area (Å²) in [5.41, 5.74) is 14.1. The molecule has 3 nitrogen and oxygen atoms in total. The van der Waals surface area contributed by atoms with Crippen LogP contribution in [0.5, 0.6) is 0 Å². The zero-order valence-electron chi connectivity index (χ0n) is 32.9. The van der Waals surface area contributed by atoms with Crippen molar-refractivity contribution in [3.05, 3.63) is 211 Å². The lowest BCUT2D eigenvalue weighted by molar-refractivity contribution is 0.666. The van der Waals surface area contributed by atoms with Crippen molar-refractivity contribution in [3.8, 4) is 50.6 Å². The summed E-state index contributed by atoms with van der Waals surface area (Å²) >= 11 is 0. The first kappa shape index (κ1) is 33.9. The summed E-state index contributed by atoms with van der Waals surface area (Å²) in [5, 5.41) is 7.68. The molecule has 0 amide bonds.